The van der Waals surface area contributed by atoms with Crippen LogP contribution in [-0.2, 0) is 0 Å². The zero-order valence-electron chi connectivity index (χ0n) is 6.01. The second kappa shape index (κ2) is 7.94. The van der Waals surface area contributed by atoms with Gasteiger partial charge in [-0.15, -0.1) is 24.0 Å². The molecule has 1 aromatic rings. The maximum Gasteiger partial charge on any atom is 0.0489 e. The van der Waals surface area contributed by atoms with Crippen molar-refractivity contribution in [3.8, 4) is 0 Å². The van der Waals surface area contributed by atoms with Crippen LogP contribution in [0.25, 0.3) is 0 Å². The van der Waals surface area contributed by atoms with Crippen molar-refractivity contribution in [3.05, 3.63) is 18.0 Å². The number of aryl methyl sites for hydroxylation is 1. The van der Waals surface area contributed by atoms with Crippen LogP contribution in [0, 0.1) is 6.92 Å². The summed E-state index contributed by atoms with van der Waals surface area (Å²) in [6.45, 7) is 5.97. The van der Waals surface area contributed by atoms with Crippen molar-refractivity contribution in [1.82, 2.24) is 10.2 Å². The van der Waals surface area contributed by atoms with E-state index >= 15 is 0 Å². The molecule has 0 aromatic carbocycles. The number of halogens is 1. The number of hydrogen-bond acceptors (Lipinski definition) is 1. The standard InChI is InChI=1S/C4H6N2.C2H6.HI/c1-4-2-3-5-6-4;1-2;/h2-3H,1H3,(H,5,6);1-2H3;1H. The van der Waals surface area contributed by atoms with E-state index in [1.807, 2.05) is 26.8 Å². The van der Waals surface area contributed by atoms with E-state index in [4.69, 9.17) is 0 Å². The molecule has 0 spiro atoms. The van der Waals surface area contributed by atoms with Gasteiger partial charge in [0.2, 0.25) is 0 Å². The van der Waals surface area contributed by atoms with Gasteiger partial charge in [-0.25, -0.2) is 0 Å². The van der Waals surface area contributed by atoms with Gasteiger partial charge < -0.3 is 0 Å². The zero-order valence-corrected chi connectivity index (χ0v) is 8.34. The van der Waals surface area contributed by atoms with Gasteiger partial charge in [0.1, 0.15) is 0 Å². The third kappa shape index (κ3) is 5.82. The third-order valence-electron chi connectivity index (χ3n) is 0.640. The van der Waals surface area contributed by atoms with Crippen LogP contribution < -0.4 is 0 Å². The van der Waals surface area contributed by atoms with Crippen LogP contribution in [0.1, 0.15) is 19.5 Å². The first-order valence-corrected chi connectivity index (χ1v) is 2.85. The van der Waals surface area contributed by atoms with E-state index in [1.165, 1.54) is 0 Å². The number of hydrogen-bond donors (Lipinski definition) is 1. The van der Waals surface area contributed by atoms with Crippen LogP contribution >= 0.6 is 24.0 Å². The molecule has 1 rings (SSSR count). The van der Waals surface area contributed by atoms with Crippen molar-refractivity contribution in [2.75, 3.05) is 0 Å². The van der Waals surface area contributed by atoms with Gasteiger partial charge in [0, 0.05) is 11.9 Å². The Balaban J connectivity index is 0. The van der Waals surface area contributed by atoms with Gasteiger partial charge in [-0.1, -0.05) is 13.8 Å². The first kappa shape index (κ1) is 11.7. The summed E-state index contributed by atoms with van der Waals surface area (Å²) < 4.78 is 0. The highest BCUT2D eigenvalue weighted by molar-refractivity contribution is 14.0. The van der Waals surface area contributed by atoms with E-state index in [1.54, 1.807) is 6.20 Å². The van der Waals surface area contributed by atoms with Crippen LogP contribution in [0.4, 0.5) is 0 Å². The summed E-state index contributed by atoms with van der Waals surface area (Å²) >= 11 is 0. The highest BCUT2D eigenvalue weighted by Crippen LogP contribution is 1.82. The molecule has 2 nitrogen and oxygen atoms in total. The summed E-state index contributed by atoms with van der Waals surface area (Å²) in [7, 11) is 0. The summed E-state index contributed by atoms with van der Waals surface area (Å²) in [6.07, 6.45) is 1.73. The number of aromatic nitrogens is 2. The number of aromatic amines is 1. The Hall–Kier alpha value is -0.0600. The van der Waals surface area contributed by atoms with E-state index in [0.717, 1.165) is 5.69 Å². The minimum Gasteiger partial charge on any atom is -0.283 e. The Bertz CT molecular complexity index is 115. The topological polar surface area (TPSA) is 28.7 Å². The van der Waals surface area contributed by atoms with Crippen LogP contribution in [0.5, 0.6) is 0 Å². The highest BCUT2D eigenvalue weighted by Gasteiger charge is 1.73. The molecule has 0 atom stereocenters. The van der Waals surface area contributed by atoms with Gasteiger partial charge in [-0.2, -0.15) is 5.10 Å². The van der Waals surface area contributed by atoms with E-state index in [-0.39, 0.29) is 24.0 Å². The van der Waals surface area contributed by atoms with Crippen molar-refractivity contribution in [2.45, 2.75) is 20.8 Å². The molecule has 1 N–H and O–H groups in total. The second-order valence-electron chi connectivity index (χ2n) is 1.24. The molecule has 9 heavy (non-hydrogen) atoms. The molecule has 0 saturated carbocycles. The predicted octanol–water partition coefficient (Wildman–Crippen LogP) is 2.36. The molecule has 0 fully saturated rings. The molecule has 0 aliphatic carbocycles. The minimum atomic E-state index is 0. The molecule has 0 saturated heterocycles. The van der Waals surface area contributed by atoms with Gasteiger partial charge in [-0.05, 0) is 13.0 Å². The van der Waals surface area contributed by atoms with Crippen molar-refractivity contribution in [2.24, 2.45) is 0 Å². The number of nitrogens with zero attached hydrogens (tertiary/aromatic N) is 1. The normalized spacial score (nSPS) is 6.56. The van der Waals surface area contributed by atoms with Gasteiger partial charge in [0.25, 0.3) is 0 Å². The number of H-pyrrole nitrogens is 1. The molecule has 0 aliphatic rings. The predicted molar refractivity (Wildman–Crippen MR) is 50.1 cm³/mol. The van der Waals surface area contributed by atoms with Gasteiger partial charge >= 0.3 is 0 Å². The lowest BCUT2D eigenvalue weighted by Gasteiger charge is -1.68. The Morgan fingerprint density at radius 2 is 2.00 bits per heavy atom. The van der Waals surface area contributed by atoms with E-state index in [2.05, 4.69) is 10.2 Å². The summed E-state index contributed by atoms with van der Waals surface area (Å²) in [5.74, 6) is 0. The van der Waals surface area contributed by atoms with Gasteiger partial charge in [-0.3, -0.25) is 5.10 Å². The largest absolute Gasteiger partial charge is 0.283 e. The lowest BCUT2D eigenvalue weighted by molar-refractivity contribution is 1.05. The average Bonchev–Trinajstić information content (AvgIpc) is 2.24. The maximum atomic E-state index is 3.70. The lowest BCUT2D eigenvalue weighted by atomic mass is 10.5. The number of nitrogens with one attached hydrogen (secondary N) is 1. The summed E-state index contributed by atoms with van der Waals surface area (Å²) in [5.41, 5.74) is 1.11. The fraction of sp³-hybridized carbons (Fsp3) is 0.500. The molecule has 0 aliphatic heterocycles. The summed E-state index contributed by atoms with van der Waals surface area (Å²) in [4.78, 5) is 0. The van der Waals surface area contributed by atoms with Crippen molar-refractivity contribution in [3.63, 3.8) is 0 Å². The van der Waals surface area contributed by atoms with Crippen LogP contribution in [0.15, 0.2) is 12.3 Å². The fourth-order valence-corrected chi connectivity index (χ4v) is 0.325. The SMILES string of the molecule is CC.Cc1ccn[nH]1.I. The molecule has 0 amide bonds. The molecule has 1 aromatic heterocycles. The Morgan fingerprint density at radius 3 is 2.11 bits per heavy atom. The van der Waals surface area contributed by atoms with Gasteiger partial charge in [0.15, 0.2) is 0 Å². The lowest BCUT2D eigenvalue weighted by Crippen LogP contribution is -1.65. The summed E-state index contributed by atoms with van der Waals surface area (Å²) in [5, 5.41) is 6.45. The smallest absolute Gasteiger partial charge is 0.0489 e. The van der Waals surface area contributed by atoms with E-state index in [0.29, 0.717) is 0 Å². The highest BCUT2D eigenvalue weighted by atomic mass is 127. The fourth-order valence-electron chi connectivity index (χ4n) is 0.325. The molecular formula is C6H13IN2. The Morgan fingerprint density at radius 1 is 1.44 bits per heavy atom. The van der Waals surface area contributed by atoms with Crippen molar-refractivity contribution >= 4 is 24.0 Å². The molecule has 3 heteroatoms. The van der Waals surface area contributed by atoms with Crippen LogP contribution in [-0.4, -0.2) is 10.2 Å². The van der Waals surface area contributed by atoms with E-state index < -0.39 is 0 Å². The van der Waals surface area contributed by atoms with Gasteiger partial charge in [0.05, 0.1) is 0 Å². The molecule has 54 valence electrons. The number of rotatable bonds is 0. The Labute approximate surface area is 73.1 Å². The molecule has 1 heterocycles. The minimum absolute atomic E-state index is 0. The summed E-state index contributed by atoms with van der Waals surface area (Å²) in [6, 6.07) is 1.92. The molecule has 0 bridgehead atoms. The van der Waals surface area contributed by atoms with Crippen molar-refractivity contribution < 1.29 is 0 Å². The van der Waals surface area contributed by atoms with Crippen LogP contribution in [0.2, 0.25) is 0 Å². The van der Waals surface area contributed by atoms with E-state index in [9.17, 15) is 0 Å². The van der Waals surface area contributed by atoms with Crippen LogP contribution in [0.3, 0.4) is 0 Å². The first-order chi connectivity index (χ1) is 3.89. The Kier molecular flexibility index (Phi) is 10.3. The molecule has 0 radical (unpaired) electrons. The first-order valence-electron chi connectivity index (χ1n) is 2.85. The molecule has 0 unspecified atom stereocenters. The van der Waals surface area contributed by atoms with Crippen molar-refractivity contribution in [1.29, 1.82) is 0 Å². The quantitative estimate of drug-likeness (QED) is 0.693. The molecular weight excluding hydrogens is 227 g/mol. The maximum absolute atomic E-state index is 3.70. The third-order valence-corrected chi connectivity index (χ3v) is 0.640. The zero-order chi connectivity index (χ0) is 6.41. The monoisotopic (exact) mass is 240 g/mol. The average molecular weight is 240 g/mol. The second-order valence-corrected chi connectivity index (χ2v) is 1.24.